The molecule has 0 aliphatic carbocycles. The molecule has 2 aromatic rings. The van der Waals surface area contributed by atoms with Gasteiger partial charge in [0.05, 0.1) is 11.4 Å². The molecule has 3 nitrogen and oxygen atoms in total. The second kappa shape index (κ2) is 6.47. The van der Waals surface area contributed by atoms with Crippen LogP contribution in [0.3, 0.4) is 0 Å². The molecule has 3 rings (SSSR count). The third kappa shape index (κ3) is 2.60. The Hall–Kier alpha value is -1.90. The first-order valence-electron chi connectivity index (χ1n) is 8.47. The van der Waals surface area contributed by atoms with Gasteiger partial charge in [-0.15, -0.1) is 0 Å². The molecule has 2 heterocycles. The maximum Gasteiger partial charge on any atom is 0.235 e. The van der Waals surface area contributed by atoms with Crippen LogP contribution in [0.25, 0.3) is 10.9 Å². The smallest absolute Gasteiger partial charge is 0.235 e. The predicted molar refractivity (Wildman–Crippen MR) is 91.3 cm³/mol. The fourth-order valence-electron chi connectivity index (χ4n) is 3.34. The normalized spacial score (nSPS) is 17.3. The number of nitrogens with zero attached hydrogens (tertiary/aromatic N) is 2. The summed E-state index contributed by atoms with van der Waals surface area (Å²) in [6.07, 6.45) is 5.39. The van der Waals surface area contributed by atoms with Crippen molar-refractivity contribution in [1.82, 2.24) is 4.98 Å². The molecule has 0 fully saturated rings. The van der Waals surface area contributed by atoms with Crippen molar-refractivity contribution in [3.63, 3.8) is 0 Å². The first-order chi connectivity index (χ1) is 10.8. The monoisotopic (exact) mass is 296 g/mol. The van der Waals surface area contributed by atoms with Crippen LogP contribution in [0.5, 0.6) is 0 Å². The molecule has 0 saturated carbocycles. The Morgan fingerprint density at radius 2 is 1.95 bits per heavy atom. The van der Waals surface area contributed by atoms with Gasteiger partial charge in [0.25, 0.3) is 0 Å². The highest BCUT2D eigenvalue weighted by Crippen LogP contribution is 2.40. The van der Waals surface area contributed by atoms with Crippen molar-refractivity contribution in [3.8, 4) is 0 Å². The summed E-state index contributed by atoms with van der Waals surface area (Å²) >= 11 is 0. The number of rotatable bonds is 6. The molecule has 3 heteroatoms. The molecule has 1 amide bonds. The lowest BCUT2D eigenvalue weighted by Crippen LogP contribution is -2.29. The topological polar surface area (TPSA) is 33.2 Å². The third-order valence-electron chi connectivity index (χ3n) is 4.47. The van der Waals surface area contributed by atoms with Crippen molar-refractivity contribution in [2.75, 3.05) is 11.4 Å². The number of carbonyl (C=O) groups excluding carboxylic acids is 1. The highest BCUT2D eigenvalue weighted by atomic mass is 16.2. The number of anilines is 1. The molecule has 0 N–H and O–H groups in total. The first kappa shape index (κ1) is 15.0. The zero-order valence-corrected chi connectivity index (χ0v) is 13.5. The Balaban J connectivity index is 2.02. The van der Waals surface area contributed by atoms with Gasteiger partial charge >= 0.3 is 0 Å². The molecule has 1 aliphatic rings. The molecular weight excluding hydrogens is 272 g/mol. The number of unbranched alkanes of at least 4 members (excludes halogenated alkanes) is 2. The van der Waals surface area contributed by atoms with Gasteiger partial charge in [0, 0.05) is 17.5 Å². The van der Waals surface area contributed by atoms with Gasteiger partial charge in [0.15, 0.2) is 0 Å². The van der Waals surface area contributed by atoms with Gasteiger partial charge < -0.3 is 0 Å². The molecule has 0 spiro atoms. The lowest BCUT2D eigenvalue weighted by molar-refractivity contribution is -0.119. The average Bonchev–Trinajstić information content (AvgIpc) is 2.78. The van der Waals surface area contributed by atoms with E-state index >= 15 is 0 Å². The summed E-state index contributed by atoms with van der Waals surface area (Å²) in [5.74, 6) is 1.15. The lowest BCUT2D eigenvalue weighted by Gasteiger charge is -2.16. The second-order valence-corrected chi connectivity index (χ2v) is 6.13. The van der Waals surface area contributed by atoms with Gasteiger partial charge in [0.2, 0.25) is 5.91 Å². The number of para-hydroxylation sites is 1. The molecule has 0 saturated heterocycles. The number of hydrogen-bond donors (Lipinski definition) is 0. The molecule has 1 aliphatic heterocycles. The van der Waals surface area contributed by atoms with Crippen LogP contribution in [0.15, 0.2) is 30.3 Å². The van der Waals surface area contributed by atoms with Crippen LogP contribution in [0.2, 0.25) is 0 Å². The molecular formula is C19H24N2O. The average molecular weight is 296 g/mol. The first-order valence-corrected chi connectivity index (χ1v) is 8.47. The molecule has 22 heavy (non-hydrogen) atoms. The SMILES string of the molecule is CCCCCC1C(=O)N(CCC)c2nc3ccccc3cc21. The van der Waals surface area contributed by atoms with E-state index in [1.54, 1.807) is 0 Å². The Kier molecular flexibility index (Phi) is 4.41. The van der Waals surface area contributed by atoms with E-state index in [0.717, 1.165) is 48.1 Å². The van der Waals surface area contributed by atoms with Crippen molar-refractivity contribution in [2.24, 2.45) is 0 Å². The van der Waals surface area contributed by atoms with E-state index in [1.807, 2.05) is 23.1 Å². The van der Waals surface area contributed by atoms with E-state index in [4.69, 9.17) is 4.98 Å². The Morgan fingerprint density at radius 3 is 2.73 bits per heavy atom. The Bertz CT molecular complexity index is 680. The molecule has 1 aromatic heterocycles. The van der Waals surface area contributed by atoms with Gasteiger partial charge in [-0.05, 0) is 25.0 Å². The number of amides is 1. The quantitative estimate of drug-likeness (QED) is 0.727. The highest BCUT2D eigenvalue weighted by molar-refractivity contribution is 6.05. The predicted octanol–water partition coefficient (Wildman–Crippen LogP) is 4.66. The van der Waals surface area contributed by atoms with E-state index < -0.39 is 0 Å². The van der Waals surface area contributed by atoms with Gasteiger partial charge in [0.1, 0.15) is 5.82 Å². The zero-order valence-electron chi connectivity index (χ0n) is 13.5. The summed E-state index contributed by atoms with van der Waals surface area (Å²) in [4.78, 5) is 19.5. The van der Waals surface area contributed by atoms with Crippen LogP contribution < -0.4 is 4.90 Å². The molecule has 1 atom stereocenters. The molecule has 1 unspecified atom stereocenters. The van der Waals surface area contributed by atoms with E-state index in [-0.39, 0.29) is 11.8 Å². The van der Waals surface area contributed by atoms with Crippen molar-refractivity contribution in [2.45, 2.75) is 51.9 Å². The Morgan fingerprint density at radius 1 is 1.14 bits per heavy atom. The molecule has 1 aromatic carbocycles. The summed E-state index contributed by atoms with van der Waals surface area (Å²) in [6.45, 7) is 5.07. The fourth-order valence-corrected chi connectivity index (χ4v) is 3.34. The van der Waals surface area contributed by atoms with Crippen LogP contribution >= 0.6 is 0 Å². The number of carbonyl (C=O) groups is 1. The van der Waals surface area contributed by atoms with Crippen molar-refractivity contribution in [3.05, 3.63) is 35.9 Å². The number of fused-ring (bicyclic) bond motifs is 2. The largest absolute Gasteiger partial charge is 0.296 e. The lowest BCUT2D eigenvalue weighted by atomic mass is 9.94. The minimum atomic E-state index is 0.00482. The van der Waals surface area contributed by atoms with Crippen molar-refractivity contribution < 1.29 is 4.79 Å². The van der Waals surface area contributed by atoms with Crippen LogP contribution in [0.4, 0.5) is 5.82 Å². The van der Waals surface area contributed by atoms with Crippen LogP contribution in [-0.4, -0.2) is 17.4 Å². The minimum Gasteiger partial charge on any atom is -0.296 e. The number of pyridine rings is 1. The Labute approximate surface area is 132 Å². The van der Waals surface area contributed by atoms with Crippen molar-refractivity contribution in [1.29, 1.82) is 0 Å². The molecule has 116 valence electrons. The maximum atomic E-state index is 12.8. The summed E-state index contributed by atoms with van der Waals surface area (Å²) in [5.41, 5.74) is 2.11. The number of benzene rings is 1. The van der Waals surface area contributed by atoms with E-state index in [9.17, 15) is 4.79 Å². The molecule has 0 radical (unpaired) electrons. The maximum absolute atomic E-state index is 12.8. The summed E-state index contributed by atoms with van der Waals surface area (Å²) < 4.78 is 0. The highest BCUT2D eigenvalue weighted by Gasteiger charge is 2.37. The molecule has 0 bridgehead atoms. The van der Waals surface area contributed by atoms with E-state index in [0.29, 0.717) is 0 Å². The summed E-state index contributed by atoms with van der Waals surface area (Å²) in [5, 5.41) is 1.13. The van der Waals surface area contributed by atoms with Gasteiger partial charge in [-0.3, -0.25) is 9.69 Å². The van der Waals surface area contributed by atoms with E-state index in [1.165, 1.54) is 12.8 Å². The third-order valence-corrected chi connectivity index (χ3v) is 4.47. The summed E-state index contributed by atoms with van der Waals surface area (Å²) in [6, 6.07) is 10.3. The summed E-state index contributed by atoms with van der Waals surface area (Å²) in [7, 11) is 0. The van der Waals surface area contributed by atoms with E-state index in [2.05, 4.69) is 26.0 Å². The van der Waals surface area contributed by atoms with Crippen LogP contribution in [0, 0.1) is 0 Å². The number of aromatic nitrogens is 1. The van der Waals surface area contributed by atoms with Crippen LogP contribution in [0.1, 0.15) is 57.4 Å². The standard InChI is InChI=1S/C19H24N2O/c1-3-5-6-10-15-16-13-14-9-7-8-11-17(14)20-18(16)21(12-4-2)19(15)22/h7-9,11,13,15H,3-6,10,12H2,1-2H3. The zero-order chi connectivity index (χ0) is 15.5. The fraction of sp³-hybridized carbons (Fsp3) is 0.474. The second-order valence-electron chi connectivity index (χ2n) is 6.13. The number of hydrogen-bond acceptors (Lipinski definition) is 2. The van der Waals surface area contributed by atoms with Crippen molar-refractivity contribution >= 4 is 22.6 Å². The van der Waals surface area contributed by atoms with Gasteiger partial charge in [-0.2, -0.15) is 0 Å². The van der Waals surface area contributed by atoms with Crippen LogP contribution in [-0.2, 0) is 4.79 Å². The van der Waals surface area contributed by atoms with Gasteiger partial charge in [-0.25, -0.2) is 4.98 Å². The van der Waals surface area contributed by atoms with Gasteiger partial charge in [-0.1, -0.05) is 51.3 Å². The minimum absolute atomic E-state index is 0.00482.